The number of hydrogen-bond acceptors (Lipinski definition) is 6. The molecule has 0 spiro atoms. The Morgan fingerprint density at radius 1 is 1.15 bits per heavy atom. The molecule has 4 rings (SSSR count). The maximum Gasteiger partial charge on any atom is 0.197 e. The lowest BCUT2D eigenvalue weighted by atomic mass is 10.2. The maximum absolute atomic E-state index is 4.41. The minimum atomic E-state index is 0.954. The van der Waals surface area contributed by atoms with Crippen molar-refractivity contribution in [1.29, 1.82) is 0 Å². The Balaban J connectivity index is 1.72. The zero-order valence-corrected chi connectivity index (χ0v) is 12.5. The first-order chi connectivity index (χ1) is 9.92. The molecule has 3 aromatic heterocycles. The molecule has 0 amide bonds. The molecule has 20 heavy (non-hydrogen) atoms. The highest BCUT2D eigenvalue weighted by Crippen LogP contribution is 2.33. The van der Waals surface area contributed by atoms with Gasteiger partial charge in [0.05, 0.1) is 10.2 Å². The average molecular weight is 303 g/mol. The van der Waals surface area contributed by atoms with Crippen LogP contribution in [0.1, 0.15) is 25.1 Å². The van der Waals surface area contributed by atoms with Crippen molar-refractivity contribution in [2.75, 3.05) is 0 Å². The van der Waals surface area contributed by atoms with Crippen LogP contribution in [0.3, 0.4) is 0 Å². The molecule has 5 nitrogen and oxygen atoms in total. The minimum Gasteiger partial charge on any atom is -0.306 e. The van der Waals surface area contributed by atoms with Crippen molar-refractivity contribution < 1.29 is 0 Å². The molecule has 0 atom stereocenters. The quantitative estimate of drug-likeness (QED) is 0.681. The summed E-state index contributed by atoms with van der Waals surface area (Å²) in [7, 11) is 0. The Morgan fingerprint density at radius 2 is 2.15 bits per heavy atom. The number of nitrogens with zero attached hydrogens (tertiary/aromatic N) is 5. The smallest absolute Gasteiger partial charge is 0.197 e. The fraction of sp³-hybridized carbons (Fsp3) is 0.385. The monoisotopic (exact) mass is 303 g/mol. The second-order valence-corrected chi connectivity index (χ2v) is 6.65. The fourth-order valence-electron chi connectivity index (χ4n) is 2.46. The molecule has 0 radical (unpaired) electrons. The Bertz CT molecular complexity index is 748. The molecule has 7 heteroatoms. The minimum absolute atomic E-state index is 0.954. The maximum atomic E-state index is 4.41. The van der Waals surface area contributed by atoms with E-state index in [0.717, 1.165) is 39.2 Å². The number of aromatic nitrogens is 5. The van der Waals surface area contributed by atoms with Gasteiger partial charge in [0, 0.05) is 13.0 Å². The molecule has 0 bridgehead atoms. The summed E-state index contributed by atoms with van der Waals surface area (Å²) in [6, 6.07) is 2.02. The summed E-state index contributed by atoms with van der Waals surface area (Å²) in [6.45, 7) is 1.02. The largest absolute Gasteiger partial charge is 0.306 e. The topological polar surface area (TPSA) is 56.5 Å². The molecule has 0 aliphatic carbocycles. The molecular weight excluding hydrogens is 290 g/mol. The second-order valence-electron chi connectivity index (χ2n) is 4.78. The zero-order chi connectivity index (χ0) is 13.4. The van der Waals surface area contributed by atoms with Gasteiger partial charge < -0.3 is 4.57 Å². The summed E-state index contributed by atoms with van der Waals surface area (Å²) in [5.74, 6) is 1.11. The van der Waals surface area contributed by atoms with Gasteiger partial charge in [-0.1, -0.05) is 6.42 Å². The normalized spacial score (nSPS) is 15.2. The van der Waals surface area contributed by atoms with Crippen LogP contribution in [-0.4, -0.2) is 24.7 Å². The summed E-state index contributed by atoms with van der Waals surface area (Å²) in [6.07, 6.45) is 6.35. The van der Waals surface area contributed by atoms with E-state index in [-0.39, 0.29) is 0 Å². The van der Waals surface area contributed by atoms with Crippen molar-refractivity contribution in [3.05, 3.63) is 23.6 Å². The van der Waals surface area contributed by atoms with Crippen molar-refractivity contribution in [2.24, 2.45) is 0 Å². The van der Waals surface area contributed by atoms with Crippen molar-refractivity contribution in [1.82, 2.24) is 24.7 Å². The SMILES string of the molecule is c1nc(Sc2nnc3n2CCCCC3)c2sccc2n1. The van der Waals surface area contributed by atoms with Crippen molar-refractivity contribution in [3.8, 4) is 0 Å². The van der Waals surface area contributed by atoms with Gasteiger partial charge in [-0.05, 0) is 36.0 Å². The summed E-state index contributed by atoms with van der Waals surface area (Å²) in [5, 5.41) is 12.7. The van der Waals surface area contributed by atoms with Gasteiger partial charge in [-0.15, -0.1) is 21.5 Å². The standard InChI is InChI=1S/C13H13N5S2/c1-2-4-10-16-17-13(18(10)6-3-1)20-12-11-9(5-7-19-11)14-8-15-12/h5,7-8H,1-4,6H2. The van der Waals surface area contributed by atoms with Gasteiger partial charge in [-0.25, -0.2) is 9.97 Å². The third kappa shape index (κ3) is 2.10. The van der Waals surface area contributed by atoms with E-state index in [4.69, 9.17) is 0 Å². The Morgan fingerprint density at radius 3 is 3.15 bits per heavy atom. The van der Waals surface area contributed by atoms with E-state index in [1.54, 1.807) is 29.4 Å². The Labute approximate surface area is 124 Å². The Kier molecular flexibility index (Phi) is 3.16. The molecule has 0 fully saturated rings. The molecule has 0 N–H and O–H groups in total. The molecule has 0 aromatic carbocycles. The van der Waals surface area contributed by atoms with Crippen LogP contribution >= 0.6 is 23.1 Å². The van der Waals surface area contributed by atoms with E-state index in [9.17, 15) is 0 Å². The van der Waals surface area contributed by atoms with E-state index in [0.29, 0.717) is 0 Å². The fourth-order valence-corrected chi connectivity index (χ4v) is 4.32. The van der Waals surface area contributed by atoms with Crippen molar-refractivity contribution in [2.45, 2.75) is 42.4 Å². The van der Waals surface area contributed by atoms with E-state index < -0.39 is 0 Å². The summed E-state index contributed by atoms with van der Waals surface area (Å²) in [5.41, 5.74) is 1.00. The number of hydrogen-bond donors (Lipinski definition) is 0. The molecule has 4 heterocycles. The van der Waals surface area contributed by atoms with E-state index in [1.165, 1.54) is 19.3 Å². The van der Waals surface area contributed by atoms with Crippen LogP contribution in [0.4, 0.5) is 0 Å². The molecule has 3 aromatic rings. The van der Waals surface area contributed by atoms with Gasteiger partial charge in [-0.2, -0.15) is 0 Å². The number of fused-ring (bicyclic) bond motifs is 2. The first-order valence-corrected chi connectivity index (χ1v) is 8.39. The number of aryl methyl sites for hydroxylation is 1. The lowest BCUT2D eigenvalue weighted by Gasteiger charge is -2.06. The highest BCUT2D eigenvalue weighted by atomic mass is 32.2. The van der Waals surface area contributed by atoms with Gasteiger partial charge in [0.2, 0.25) is 0 Å². The average Bonchev–Trinajstić information content (AvgIpc) is 3.01. The Hall–Kier alpha value is -1.47. The number of thiophene rings is 1. The lowest BCUT2D eigenvalue weighted by molar-refractivity contribution is 0.591. The van der Waals surface area contributed by atoms with Crippen LogP contribution in [0.25, 0.3) is 10.2 Å². The molecule has 0 saturated carbocycles. The lowest BCUT2D eigenvalue weighted by Crippen LogP contribution is -2.02. The second kappa shape index (κ2) is 5.14. The van der Waals surface area contributed by atoms with Crippen LogP contribution in [0.2, 0.25) is 0 Å². The van der Waals surface area contributed by atoms with Gasteiger partial charge in [0.15, 0.2) is 5.16 Å². The predicted octanol–water partition coefficient (Wildman–Crippen LogP) is 3.16. The summed E-state index contributed by atoms with van der Waals surface area (Å²) >= 11 is 3.27. The van der Waals surface area contributed by atoms with Crippen molar-refractivity contribution >= 4 is 33.3 Å². The van der Waals surface area contributed by atoms with Gasteiger partial charge in [0.1, 0.15) is 17.2 Å². The molecule has 0 saturated heterocycles. The first kappa shape index (κ1) is 12.3. The van der Waals surface area contributed by atoms with Crippen LogP contribution in [-0.2, 0) is 13.0 Å². The highest BCUT2D eigenvalue weighted by molar-refractivity contribution is 7.99. The molecule has 0 unspecified atom stereocenters. The van der Waals surface area contributed by atoms with Crippen LogP contribution in [0, 0.1) is 0 Å². The predicted molar refractivity (Wildman–Crippen MR) is 79.1 cm³/mol. The van der Waals surface area contributed by atoms with Gasteiger partial charge in [-0.3, -0.25) is 0 Å². The molecule has 1 aliphatic heterocycles. The zero-order valence-electron chi connectivity index (χ0n) is 10.8. The molecule has 1 aliphatic rings. The third-order valence-corrected chi connectivity index (χ3v) is 5.50. The first-order valence-electron chi connectivity index (χ1n) is 6.70. The van der Waals surface area contributed by atoms with E-state index in [2.05, 4.69) is 24.7 Å². The van der Waals surface area contributed by atoms with Crippen LogP contribution < -0.4 is 0 Å². The summed E-state index contributed by atoms with van der Waals surface area (Å²) in [4.78, 5) is 8.68. The summed E-state index contributed by atoms with van der Waals surface area (Å²) < 4.78 is 3.38. The van der Waals surface area contributed by atoms with E-state index >= 15 is 0 Å². The van der Waals surface area contributed by atoms with Crippen molar-refractivity contribution in [3.63, 3.8) is 0 Å². The van der Waals surface area contributed by atoms with E-state index in [1.807, 2.05) is 11.4 Å². The van der Waals surface area contributed by atoms with Gasteiger partial charge in [0.25, 0.3) is 0 Å². The van der Waals surface area contributed by atoms with Gasteiger partial charge >= 0.3 is 0 Å². The molecular formula is C13H13N5S2. The van der Waals surface area contributed by atoms with Crippen LogP contribution in [0.5, 0.6) is 0 Å². The number of rotatable bonds is 2. The van der Waals surface area contributed by atoms with Crippen LogP contribution in [0.15, 0.2) is 28.0 Å². The third-order valence-electron chi connectivity index (χ3n) is 3.47. The molecule has 102 valence electrons. The highest BCUT2D eigenvalue weighted by Gasteiger charge is 2.17.